The first kappa shape index (κ1) is 10.7. The second kappa shape index (κ2) is 6.41. The fourth-order valence-corrected chi connectivity index (χ4v) is 3.48. The van der Waals surface area contributed by atoms with E-state index in [0.29, 0.717) is 0 Å². The highest BCUT2D eigenvalue weighted by molar-refractivity contribution is 8.76. The maximum atomic E-state index is 2.30. The summed E-state index contributed by atoms with van der Waals surface area (Å²) in [5.74, 6) is 2.06. The average molecular weight is 178 g/mol. The van der Waals surface area contributed by atoms with Crippen LogP contribution in [0.2, 0.25) is 0 Å². The van der Waals surface area contributed by atoms with Crippen LogP contribution in [0, 0.1) is 5.92 Å². The molecule has 2 heteroatoms. The Hall–Kier alpha value is 0.700. The van der Waals surface area contributed by atoms with Gasteiger partial charge in [0.2, 0.25) is 0 Å². The van der Waals surface area contributed by atoms with Crippen molar-refractivity contribution < 1.29 is 0 Å². The molecule has 0 aliphatic heterocycles. The predicted molar refractivity (Wildman–Crippen MR) is 54.6 cm³/mol. The first-order valence-corrected chi connectivity index (χ1v) is 6.38. The van der Waals surface area contributed by atoms with Gasteiger partial charge in [-0.1, -0.05) is 49.3 Å². The van der Waals surface area contributed by atoms with Gasteiger partial charge in [0.05, 0.1) is 0 Å². The average Bonchev–Trinajstić information content (AvgIpc) is 1.89. The molecule has 0 N–H and O–H groups in total. The van der Waals surface area contributed by atoms with Gasteiger partial charge >= 0.3 is 0 Å². The Morgan fingerprint density at radius 3 is 2.10 bits per heavy atom. The van der Waals surface area contributed by atoms with E-state index in [1.807, 2.05) is 21.6 Å². The molecule has 0 radical (unpaired) electrons. The second-order valence-electron chi connectivity index (χ2n) is 2.69. The minimum Gasteiger partial charge on any atom is -0.0942 e. The summed E-state index contributed by atoms with van der Waals surface area (Å²) in [4.78, 5) is 0. The predicted octanol–water partition coefficient (Wildman–Crippen LogP) is 3.82. The van der Waals surface area contributed by atoms with Gasteiger partial charge in [0.25, 0.3) is 0 Å². The van der Waals surface area contributed by atoms with Gasteiger partial charge in [-0.15, -0.1) is 0 Å². The summed E-state index contributed by atoms with van der Waals surface area (Å²) in [6.07, 6.45) is 1.30. The molecule has 0 saturated carbocycles. The van der Waals surface area contributed by atoms with Gasteiger partial charge in [-0.3, -0.25) is 0 Å². The third kappa shape index (κ3) is 4.51. The molecule has 0 aliphatic carbocycles. The zero-order valence-corrected chi connectivity index (χ0v) is 9.02. The third-order valence-electron chi connectivity index (χ3n) is 1.46. The number of hydrogen-bond acceptors (Lipinski definition) is 2. The standard InChI is InChI=1S/C8H18S2/c1-5-8(7(3)4)10-9-6-2/h7-8H,5-6H2,1-4H3/t8-/m1/s1. The molecule has 0 amide bonds. The van der Waals surface area contributed by atoms with Crippen LogP contribution in [-0.2, 0) is 0 Å². The Bertz CT molecular complexity index is 71.7. The minimum atomic E-state index is 0.828. The molecule has 62 valence electrons. The summed E-state index contributed by atoms with van der Waals surface area (Å²) in [6.45, 7) is 9.09. The van der Waals surface area contributed by atoms with Crippen LogP contribution in [0.25, 0.3) is 0 Å². The van der Waals surface area contributed by atoms with E-state index in [-0.39, 0.29) is 0 Å². The van der Waals surface area contributed by atoms with Gasteiger partial charge in [-0.2, -0.15) is 0 Å². The molecule has 0 rings (SSSR count). The molecular weight excluding hydrogens is 160 g/mol. The molecule has 10 heavy (non-hydrogen) atoms. The summed E-state index contributed by atoms with van der Waals surface area (Å²) < 4.78 is 0. The lowest BCUT2D eigenvalue weighted by molar-refractivity contribution is 0.596. The largest absolute Gasteiger partial charge is 0.0942 e. The van der Waals surface area contributed by atoms with Crippen molar-refractivity contribution >= 4 is 21.6 Å². The van der Waals surface area contributed by atoms with Crippen LogP contribution in [0.4, 0.5) is 0 Å². The van der Waals surface area contributed by atoms with Crippen LogP contribution < -0.4 is 0 Å². The van der Waals surface area contributed by atoms with E-state index in [9.17, 15) is 0 Å². The molecule has 0 aromatic carbocycles. The molecule has 0 fully saturated rings. The molecule has 0 aliphatic rings. The first-order chi connectivity index (χ1) is 4.72. The van der Waals surface area contributed by atoms with Gasteiger partial charge in [-0.25, -0.2) is 0 Å². The number of hydrogen-bond donors (Lipinski definition) is 0. The summed E-state index contributed by atoms with van der Waals surface area (Å²) in [7, 11) is 4.03. The van der Waals surface area contributed by atoms with Crippen LogP contribution in [0.5, 0.6) is 0 Å². The molecule has 1 atom stereocenters. The van der Waals surface area contributed by atoms with Crippen molar-refractivity contribution in [3.05, 3.63) is 0 Å². The highest BCUT2D eigenvalue weighted by atomic mass is 33.1. The SMILES string of the molecule is CCSS[C@H](CC)C(C)C. The van der Waals surface area contributed by atoms with E-state index in [4.69, 9.17) is 0 Å². The van der Waals surface area contributed by atoms with Crippen LogP contribution in [0.1, 0.15) is 34.1 Å². The molecule has 0 unspecified atom stereocenters. The van der Waals surface area contributed by atoms with Gasteiger partial charge in [0.1, 0.15) is 0 Å². The Kier molecular flexibility index (Phi) is 6.86. The first-order valence-electron chi connectivity index (χ1n) is 4.00. The van der Waals surface area contributed by atoms with Crippen molar-refractivity contribution in [2.45, 2.75) is 39.4 Å². The third-order valence-corrected chi connectivity index (χ3v) is 4.81. The van der Waals surface area contributed by atoms with Gasteiger partial charge in [-0.05, 0) is 12.3 Å². The van der Waals surface area contributed by atoms with E-state index in [0.717, 1.165) is 11.2 Å². The van der Waals surface area contributed by atoms with Crippen molar-refractivity contribution in [2.75, 3.05) is 5.75 Å². The maximum absolute atomic E-state index is 2.30. The van der Waals surface area contributed by atoms with Crippen LogP contribution >= 0.6 is 21.6 Å². The molecule has 0 nitrogen and oxygen atoms in total. The van der Waals surface area contributed by atoms with Gasteiger partial charge < -0.3 is 0 Å². The molecular formula is C8H18S2. The fourth-order valence-electron chi connectivity index (χ4n) is 0.806. The van der Waals surface area contributed by atoms with E-state index >= 15 is 0 Å². The summed E-state index contributed by atoms with van der Waals surface area (Å²) >= 11 is 0. The van der Waals surface area contributed by atoms with E-state index < -0.39 is 0 Å². The normalized spacial score (nSPS) is 14.1. The highest BCUT2D eigenvalue weighted by Gasteiger charge is 2.10. The number of rotatable bonds is 5. The monoisotopic (exact) mass is 178 g/mol. The van der Waals surface area contributed by atoms with Crippen LogP contribution in [0.3, 0.4) is 0 Å². The Morgan fingerprint density at radius 1 is 1.20 bits per heavy atom. The van der Waals surface area contributed by atoms with Crippen molar-refractivity contribution in [1.82, 2.24) is 0 Å². The highest BCUT2D eigenvalue weighted by Crippen LogP contribution is 2.32. The fraction of sp³-hybridized carbons (Fsp3) is 1.00. The lowest BCUT2D eigenvalue weighted by Gasteiger charge is -2.16. The van der Waals surface area contributed by atoms with Crippen molar-refractivity contribution in [2.24, 2.45) is 5.92 Å². The quantitative estimate of drug-likeness (QED) is 0.587. The topological polar surface area (TPSA) is 0 Å². The lowest BCUT2D eigenvalue weighted by Crippen LogP contribution is -2.07. The molecule has 0 bridgehead atoms. The van der Waals surface area contributed by atoms with E-state index in [2.05, 4.69) is 27.7 Å². The lowest BCUT2D eigenvalue weighted by atomic mass is 10.1. The molecule has 0 aromatic rings. The summed E-state index contributed by atoms with van der Waals surface area (Å²) in [5.41, 5.74) is 0. The van der Waals surface area contributed by atoms with Crippen LogP contribution in [-0.4, -0.2) is 11.0 Å². The van der Waals surface area contributed by atoms with E-state index in [1.54, 1.807) is 0 Å². The zero-order valence-electron chi connectivity index (χ0n) is 7.39. The van der Waals surface area contributed by atoms with Crippen LogP contribution in [0.15, 0.2) is 0 Å². The molecule has 0 saturated heterocycles. The van der Waals surface area contributed by atoms with Crippen molar-refractivity contribution in [3.8, 4) is 0 Å². The Labute approximate surface area is 72.9 Å². The molecule has 0 aromatic heterocycles. The zero-order chi connectivity index (χ0) is 7.98. The molecule has 0 heterocycles. The van der Waals surface area contributed by atoms with E-state index in [1.165, 1.54) is 12.2 Å². The smallest absolute Gasteiger partial charge is 0.0171 e. The Balaban J connectivity index is 3.40. The maximum Gasteiger partial charge on any atom is 0.0171 e. The van der Waals surface area contributed by atoms with Crippen molar-refractivity contribution in [3.63, 3.8) is 0 Å². The van der Waals surface area contributed by atoms with Gasteiger partial charge in [0.15, 0.2) is 0 Å². The minimum absolute atomic E-state index is 0.828. The summed E-state index contributed by atoms with van der Waals surface area (Å²) in [6, 6.07) is 0. The van der Waals surface area contributed by atoms with Gasteiger partial charge in [0, 0.05) is 11.0 Å². The Morgan fingerprint density at radius 2 is 1.80 bits per heavy atom. The second-order valence-corrected chi connectivity index (χ2v) is 5.59. The van der Waals surface area contributed by atoms with Crippen molar-refractivity contribution in [1.29, 1.82) is 0 Å². The summed E-state index contributed by atoms with van der Waals surface area (Å²) in [5, 5.41) is 0.852. The molecule has 0 spiro atoms.